The van der Waals surface area contributed by atoms with Crippen LogP contribution in [0.4, 0.5) is 189 Å². The van der Waals surface area contributed by atoms with Crippen LogP contribution in [-0.2, 0) is 9.98 Å². The quantitative estimate of drug-likeness (QED) is 0.0261. The van der Waals surface area contributed by atoms with Crippen molar-refractivity contribution in [1.82, 2.24) is 0 Å². The Balaban J connectivity index is 0.000000321. The van der Waals surface area contributed by atoms with Crippen molar-refractivity contribution in [2.24, 2.45) is 11.8 Å². The molecule has 1 N–H and O–H groups in total. The molecule has 698 valence electrons. The van der Waals surface area contributed by atoms with Crippen molar-refractivity contribution in [3.8, 4) is 55.6 Å². The number of benzene rings is 10. The third kappa shape index (κ3) is 23.3. The van der Waals surface area contributed by atoms with Crippen molar-refractivity contribution in [2.45, 2.75) is 113 Å². The fraction of sp³-hybridized carbons (Fsp3) is 0.259. The van der Waals surface area contributed by atoms with E-state index in [0.29, 0.717) is 31.2 Å². The zero-order chi connectivity index (χ0) is 98.6. The normalized spacial score (nSPS) is 11.7. The molecule has 0 aliphatic rings. The number of hydrogen-bond donors (Lipinski definition) is 1. The molecule has 10 rings (SSSR count). The van der Waals surface area contributed by atoms with Gasteiger partial charge in [-0.3, -0.25) is 0 Å². The third-order valence-corrected chi connectivity index (χ3v) is 19.8. The van der Waals surface area contributed by atoms with Crippen molar-refractivity contribution in [3.63, 3.8) is 0 Å². The molecule has 0 aromatic heterocycles. The monoisotopic (exact) mass is 1930 g/mol. The minimum atomic E-state index is -5.83. The summed E-state index contributed by atoms with van der Waals surface area (Å²) in [4.78, 5) is 0. The number of alkyl halides is 3. The number of unbranched alkanes of at least 4 members (excludes halogenated alkanes) is 1. The first-order chi connectivity index (χ1) is 59.2. The van der Waals surface area contributed by atoms with Gasteiger partial charge in [-0.25, -0.2) is 176 Å². The van der Waals surface area contributed by atoms with Gasteiger partial charge >= 0.3 is 29.6 Å². The molecule has 3 atom stereocenters. The van der Waals surface area contributed by atoms with E-state index in [1.165, 1.54) is 65.9 Å². The Morgan fingerprint density at radius 3 is 0.703 bits per heavy atom. The Bertz CT molecular complexity index is 5170. The summed E-state index contributed by atoms with van der Waals surface area (Å²) in [7, 11) is 1.22. The molecular weight excluding hydrogens is 1880 g/mol. The van der Waals surface area contributed by atoms with Crippen molar-refractivity contribution in [3.05, 3.63) is 290 Å². The van der Waals surface area contributed by atoms with Gasteiger partial charge in [0.25, 0.3) is 0 Å². The second kappa shape index (κ2) is 45.8. The van der Waals surface area contributed by atoms with Gasteiger partial charge in [0.05, 0.1) is 27.8 Å². The number of rotatable bonds is 16. The first kappa shape index (κ1) is 110. The minimum absolute atomic E-state index is 0.362. The van der Waals surface area contributed by atoms with Crippen LogP contribution in [0.2, 0.25) is 0 Å². The van der Waals surface area contributed by atoms with Crippen molar-refractivity contribution in [2.75, 3.05) is 12.3 Å². The standard InChI is InChI=1S/C15H33P.C14H3F11.4C13H4F8.Al.H2O.O/c1-5-8-12-16-13-14(4)10-11-15(7-3)9-6-2;1-2-3(4-7(16)11(20)13(22)12(21)8(4)17)5(14(23,24)25)9(18)10(19)6(2)15;4*1-3-2-4(7(15)10(18)6(3)14)5-8(16)11(19)13(21)12(20)9(5)17;;;/h14-16H,5-13H2,1-4H3;1H3;4*2H,1H3;;1H2;/q;;;;;;+1;;/p-1. The van der Waals surface area contributed by atoms with Gasteiger partial charge in [-0.2, -0.15) is 13.2 Å². The van der Waals surface area contributed by atoms with E-state index >= 15 is 0 Å². The molecule has 47 heteroatoms. The molecule has 0 amide bonds. The van der Waals surface area contributed by atoms with E-state index in [0.717, 1.165) is 39.5 Å². The Morgan fingerprint density at radius 1 is 0.281 bits per heavy atom. The van der Waals surface area contributed by atoms with Gasteiger partial charge in [0.15, 0.2) is 204 Å². The number of hydrogen-bond acceptors (Lipinski definition) is 1. The van der Waals surface area contributed by atoms with Crippen molar-refractivity contribution in [1.29, 1.82) is 0 Å². The van der Waals surface area contributed by atoms with Gasteiger partial charge in [0, 0.05) is 27.8 Å². The van der Waals surface area contributed by atoms with Crippen LogP contribution >= 0.6 is 8.58 Å². The number of aryl methyl sites for hydroxylation is 4. The summed E-state index contributed by atoms with van der Waals surface area (Å²) in [6, 6.07) is 1.80. The average molecular weight is 1930 g/mol. The van der Waals surface area contributed by atoms with E-state index in [-0.39, 0.29) is 0 Å². The molecule has 0 aliphatic heterocycles. The van der Waals surface area contributed by atoms with Gasteiger partial charge < -0.3 is 0 Å². The molecule has 0 heterocycles. The Morgan fingerprint density at radius 2 is 0.492 bits per heavy atom. The maximum absolute atomic E-state index is 13.8. The molecule has 0 bridgehead atoms. The summed E-state index contributed by atoms with van der Waals surface area (Å²) in [5.74, 6) is -89.2. The summed E-state index contributed by atoms with van der Waals surface area (Å²) in [5.41, 5.74) is -22.4. The molecule has 0 saturated carbocycles. The van der Waals surface area contributed by atoms with Crippen LogP contribution in [0, 0.1) is 279 Å². The molecule has 128 heavy (non-hydrogen) atoms. The molecule has 3 unspecified atom stereocenters. The topological polar surface area (TPSA) is 37.3 Å². The van der Waals surface area contributed by atoms with Gasteiger partial charge in [-0.15, -0.1) is 8.58 Å². The molecule has 0 radical (unpaired) electrons. The van der Waals surface area contributed by atoms with Crippen molar-refractivity contribution < 1.29 is 197 Å². The fourth-order valence-electron chi connectivity index (χ4n) is 11.4. The van der Waals surface area contributed by atoms with Crippen molar-refractivity contribution >= 4 is 24.1 Å². The first-order valence-electron chi connectivity index (χ1n) is 35.4. The van der Waals surface area contributed by atoms with Crippen LogP contribution in [0.15, 0.2) is 24.3 Å². The molecule has 0 aliphatic carbocycles. The molecule has 0 fully saturated rings. The second-order valence-corrected chi connectivity index (χ2v) is 28.3. The Kier molecular flexibility index (Phi) is 39.4. The van der Waals surface area contributed by atoms with Gasteiger partial charge in [0.1, 0.15) is 5.56 Å². The average Bonchev–Trinajstić information content (AvgIpc) is 0.733. The van der Waals surface area contributed by atoms with E-state index in [1.807, 2.05) is 0 Å². The summed E-state index contributed by atoms with van der Waals surface area (Å²) in [5, 5.41) is 0. The molecule has 10 aromatic carbocycles. The third-order valence-electron chi connectivity index (χ3n) is 18.1. The fourth-order valence-corrected chi connectivity index (χ4v) is 12.9. The van der Waals surface area contributed by atoms with Crippen LogP contribution in [0.25, 0.3) is 55.6 Å². The van der Waals surface area contributed by atoms with Gasteiger partial charge in [-0.05, 0) is 117 Å². The molecule has 0 spiro atoms. The SMILES string of the molecule is CCCCPCC(C)CCC(CC)CCC.Cc1c(F)c(F)c(F)c(C(F)(F)F)c1-c1c(F)c(F)c(F)c(F)c1F.Cc1cc(-c2c(F)c(F)c(F)c(F)c2F)c(F)c(F)c1F.Cc1cc(-c2c(F)c(F)c(F)c(F)c2F)c(F)c(F)c1F.Cc1cc(-c2c(F)c(F)c(F)c(F)c2F)c(F)c(F)c1F.Cc1cc(-c2c(F)c(F)c(F)c(F)c2F)c(F)c(F)c1F.[O]=[Al][OH]. The van der Waals surface area contributed by atoms with E-state index < -0.39 is 343 Å². The van der Waals surface area contributed by atoms with Crippen LogP contribution < -0.4 is 0 Å². The summed E-state index contributed by atoms with van der Waals surface area (Å²) in [6.45, 7) is 13.5. The van der Waals surface area contributed by atoms with Gasteiger partial charge in [-0.1, -0.05) is 66.2 Å². The summed E-state index contributed by atoms with van der Waals surface area (Å²) >= 11 is -1.50. The van der Waals surface area contributed by atoms with E-state index in [4.69, 9.17) is 7.96 Å². The Labute approximate surface area is 702 Å². The molecule has 2 nitrogen and oxygen atoms in total. The van der Waals surface area contributed by atoms with Crippen LogP contribution in [0.3, 0.4) is 0 Å². The summed E-state index contributed by atoms with van der Waals surface area (Å²) in [6.07, 6.45) is 7.09. The summed E-state index contributed by atoms with van der Waals surface area (Å²) < 4.78 is 586. The zero-order valence-electron chi connectivity index (χ0n) is 65.5. The number of halogens is 43. The Hall–Kier alpha value is -10.2. The first-order valence-corrected chi connectivity index (χ1v) is 37.8. The van der Waals surface area contributed by atoms with Crippen LogP contribution in [0.1, 0.15) is 106 Å². The molecule has 0 saturated heterocycles. The van der Waals surface area contributed by atoms with Crippen LogP contribution in [0.5, 0.6) is 0 Å². The maximum atomic E-state index is 13.8. The van der Waals surface area contributed by atoms with E-state index in [2.05, 4.69) is 27.7 Å². The van der Waals surface area contributed by atoms with E-state index in [9.17, 15) is 189 Å². The van der Waals surface area contributed by atoms with E-state index in [1.54, 1.807) is 0 Å². The zero-order valence-corrected chi connectivity index (χ0v) is 67.7. The molecular formula is C81H53AlF43O2P. The predicted molar refractivity (Wildman–Crippen MR) is 375 cm³/mol. The van der Waals surface area contributed by atoms with Crippen LogP contribution in [-0.4, -0.2) is 32.0 Å². The van der Waals surface area contributed by atoms with Gasteiger partial charge in [0.2, 0.25) is 29.1 Å². The second-order valence-electron chi connectivity index (χ2n) is 26.7. The molecule has 10 aromatic rings. The predicted octanol–water partition coefficient (Wildman–Crippen LogP) is 29.5.